The molecule has 0 saturated heterocycles. The molecule has 0 radical (unpaired) electrons. The van der Waals surface area contributed by atoms with Gasteiger partial charge in [-0.1, -0.05) is 25.1 Å². The fourth-order valence-corrected chi connectivity index (χ4v) is 4.60. The van der Waals surface area contributed by atoms with Crippen LogP contribution in [-0.2, 0) is 6.42 Å². The second-order valence-corrected chi connectivity index (χ2v) is 7.45. The van der Waals surface area contributed by atoms with Crippen LogP contribution in [0.3, 0.4) is 0 Å². The van der Waals surface area contributed by atoms with Crippen molar-refractivity contribution in [3.63, 3.8) is 0 Å². The summed E-state index contributed by atoms with van der Waals surface area (Å²) in [5.74, 6) is 0. The van der Waals surface area contributed by atoms with Gasteiger partial charge in [0, 0.05) is 22.0 Å². The molecule has 0 saturated carbocycles. The zero-order valence-electron chi connectivity index (χ0n) is 12.6. The van der Waals surface area contributed by atoms with Crippen LogP contribution in [0.1, 0.15) is 34.1 Å². The van der Waals surface area contributed by atoms with E-state index in [2.05, 4.69) is 55.7 Å². The molecule has 0 fully saturated rings. The largest absolute Gasteiger partial charge is 0.310 e. The summed E-state index contributed by atoms with van der Waals surface area (Å²) in [6, 6.07) is 9.00. The van der Waals surface area contributed by atoms with Gasteiger partial charge in [0.1, 0.15) is 0 Å². The smallest absolute Gasteiger partial charge is 0.0949 e. The topological polar surface area (TPSA) is 24.9 Å². The molecule has 0 aliphatic heterocycles. The molecule has 0 aliphatic carbocycles. The van der Waals surface area contributed by atoms with Crippen LogP contribution in [0.15, 0.2) is 29.6 Å². The van der Waals surface area contributed by atoms with E-state index in [-0.39, 0.29) is 0 Å². The molecule has 1 atom stereocenters. The average molecular weight is 316 g/mol. The van der Waals surface area contributed by atoms with E-state index >= 15 is 0 Å². The molecule has 0 spiro atoms. The predicted molar refractivity (Wildman–Crippen MR) is 93.5 cm³/mol. The van der Waals surface area contributed by atoms with Crippen LogP contribution in [0, 0.1) is 13.8 Å². The summed E-state index contributed by atoms with van der Waals surface area (Å²) in [4.78, 5) is 6.03. The van der Waals surface area contributed by atoms with Gasteiger partial charge < -0.3 is 5.32 Å². The van der Waals surface area contributed by atoms with Gasteiger partial charge in [-0.2, -0.15) is 0 Å². The molecule has 0 amide bonds. The number of hydrogen-bond acceptors (Lipinski definition) is 4. The Hall–Kier alpha value is -1.23. The van der Waals surface area contributed by atoms with Crippen molar-refractivity contribution in [2.75, 3.05) is 6.54 Å². The van der Waals surface area contributed by atoms with Gasteiger partial charge in [0.25, 0.3) is 0 Å². The lowest BCUT2D eigenvalue weighted by Crippen LogP contribution is -2.22. The van der Waals surface area contributed by atoms with E-state index in [1.54, 1.807) is 0 Å². The molecule has 2 nitrogen and oxygen atoms in total. The van der Waals surface area contributed by atoms with Crippen molar-refractivity contribution in [1.82, 2.24) is 10.3 Å². The third-order valence-electron chi connectivity index (χ3n) is 3.79. The number of aromatic nitrogens is 1. The Morgan fingerprint density at radius 3 is 2.76 bits per heavy atom. The van der Waals surface area contributed by atoms with E-state index in [4.69, 9.17) is 4.98 Å². The number of aryl methyl sites for hydroxylation is 2. The summed E-state index contributed by atoms with van der Waals surface area (Å²) in [7, 11) is 0. The molecule has 2 aromatic heterocycles. The average Bonchev–Trinajstić information content (AvgIpc) is 3.03. The quantitative estimate of drug-likeness (QED) is 0.726. The van der Waals surface area contributed by atoms with E-state index in [1.165, 1.54) is 31.2 Å². The zero-order valence-corrected chi connectivity index (χ0v) is 14.3. The number of rotatable bonds is 5. The van der Waals surface area contributed by atoms with Crippen LogP contribution in [0.5, 0.6) is 0 Å². The number of fused-ring (bicyclic) bond motifs is 1. The Labute approximate surface area is 133 Å². The lowest BCUT2D eigenvalue weighted by atomic mass is 10.0. The van der Waals surface area contributed by atoms with Gasteiger partial charge in [-0.25, -0.2) is 4.98 Å². The first kappa shape index (κ1) is 14.7. The molecule has 0 aliphatic rings. The molecule has 1 N–H and O–H groups in total. The highest BCUT2D eigenvalue weighted by Gasteiger charge is 2.17. The van der Waals surface area contributed by atoms with Crippen LogP contribution in [0.2, 0.25) is 0 Å². The van der Waals surface area contributed by atoms with Crippen LogP contribution in [0.4, 0.5) is 0 Å². The summed E-state index contributed by atoms with van der Waals surface area (Å²) in [5, 5.41) is 8.53. The molecule has 3 rings (SSSR count). The summed E-state index contributed by atoms with van der Waals surface area (Å²) in [6.07, 6.45) is 0.966. The maximum Gasteiger partial charge on any atom is 0.0949 e. The third kappa shape index (κ3) is 3.03. The molecule has 110 valence electrons. The maximum absolute atomic E-state index is 4.70. The fraction of sp³-hybridized carbons (Fsp3) is 0.353. The van der Waals surface area contributed by atoms with E-state index in [1.807, 2.05) is 22.7 Å². The van der Waals surface area contributed by atoms with Crippen molar-refractivity contribution in [2.45, 2.75) is 33.2 Å². The lowest BCUT2D eigenvalue weighted by Gasteiger charge is -2.16. The summed E-state index contributed by atoms with van der Waals surface area (Å²) in [6.45, 7) is 7.38. The monoisotopic (exact) mass is 316 g/mol. The van der Waals surface area contributed by atoms with E-state index in [9.17, 15) is 0 Å². The highest BCUT2D eigenvalue weighted by atomic mass is 32.1. The Morgan fingerprint density at radius 2 is 2.05 bits per heavy atom. The molecule has 0 bridgehead atoms. The van der Waals surface area contributed by atoms with Crippen LogP contribution in [-0.4, -0.2) is 11.5 Å². The number of nitrogens with one attached hydrogen (secondary N) is 1. The molecule has 2 heterocycles. The van der Waals surface area contributed by atoms with Crippen molar-refractivity contribution in [2.24, 2.45) is 0 Å². The van der Waals surface area contributed by atoms with Gasteiger partial charge in [-0.05, 0) is 42.8 Å². The number of thiazole rings is 1. The Morgan fingerprint density at radius 1 is 1.24 bits per heavy atom. The minimum Gasteiger partial charge on any atom is -0.310 e. The minimum atomic E-state index is 0.344. The number of hydrogen-bond donors (Lipinski definition) is 1. The molecular weight excluding hydrogens is 296 g/mol. The number of thiophene rings is 1. The fourth-order valence-electron chi connectivity index (χ4n) is 2.61. The van der Waals surface area contributed by atoms with Crippen molar-refractivity contribution in [3.8, 4) is 0 Å². The number of nitrogens with zero attached hydrogens (tertiary/aromatic N) is 1. The first-order chi connectivity index (χ1) is 10.2. The Bertz CT molecular complexity index is 723. The maximum atomic E-state index is 4.70. The number of likely N-dealkylation sites (N-methyl/N-ethyl adjacent to an activating group) is 1. The van der Waals surface area contributed by atoms with Crippen molar-refractivity contribution < 1.29 is 0 Å². The van der Waals surface area contributed by atoms with Crippen molar-refractivity contribution in [3.05, 3.63) is 50.8 Å². The van der Waals surface area contributed by atoms with Gasteiger partial charge >= 0.3 is 0 Å². The van der Waals surface area contributed by atoms with Crippen LogP contribution in [0.25, 0.3) is 10.1 Å². The normalized spacial score (nSPS) is 12.9. The standard InChI is InChI=1S/C17H20N2S2/c1-4-18-15(9-17-19-11(2)12(3)21-17)14-10-20-16-8-6-5-7-13(14)16/h5-8,10,15,18H,4,9H2,1-3H3. The Kier molecular flexibility index (Phi) is 4.38. The summed E-state index contributed by atoms with van der Waals surface area (Å²) in [5.41, 5.74) is 2.57. The second kappa shape index (κ2) is 6.26. The highest BCUT2D eigenvalue weighted by molar-refractivity contribution is 7.17. The van der Waals surface area contributed by atoms with E-state index in [0.29, 0.717) is 6.04 Å². The molecular formula is C17H20N2S2. The van der Waals surface area contributed by atoms with Gasteiger partial charge in [0.15, 0.2) is 0 Å². The van der Waals surface area contributed by atoms with Gasteiger partial charge in [-0.3, -0.25) is 0 Å². The predicted octanol–water partition coefficient (Wildman–Crippen LogP) is 4.87. The molecule has 1 unspecified atom stereocenters. The SMILES string of the molecule is CCNC(Cc1nc(C)c(C)s1)c1csc2ccccc12. The Balaban J connectivity index is 1.94. The second-order valence-electron chi connectivity index (χ2n) is 5.25. The molecule has 3 aromatic rings. The first-order valence-corrected chi connectivity index (χ1v) is 9.01. The van der Waals surface area contributed by atoms with Crippen molar-refractivity contribution in [1.29, 1.82) is 0 Å². The minimum absolute atomic E-state index is 0.344. The summed E-state index contributed by atoms with van der Waals surface area (Å²) < 4.78 is 1.36. The zero-order chi connectivity index (χ0) is 14.8. The van der Waals surface area contributed by atoms with E-state index in [0.717, 1.165) is 13.0 Å². The number of benzene rings is 1. The van der Waals surface area contributed by atoms with Crippen LogP contribution >= 0.6 is 22.7 Å². The first-order valence-electron chi connectivity index (χ1n) is 7.31. The molecule has 1 aromatic carbocycles. The van der Waals surface area contributed by atoms with Gasteiger partial charge in [0.05, 0.1) is 10.7 Å². The lowest BCUT2D eigenvalue weighted by molar-refractivity contribution is 0.553. The van der Waals surface area contributed by atoms with Crippen molar-refractivity contribution >= 4 is 32.8 Å². The van der Waals surface area contributed by atoms with Crippen LogP contribution < -0.4 is 5.32 Å². The molecule has 4 heteroatoms. The van der Waals surface area contributed by atoms with E-state index < -0.39 is 0 Å². The van der Waals surface area contributed by atoms with Gasteiger partial charge in [-0.15, -0.1) is 22.7 Å². The summed E-state index contributed by atoms with van der Waals surface area (Å²) >= 11 is 3.65. The highest BCUT2D eigenvalue weighted by Crippen LogP contribution is 2.32. The molecule has 21 heavy (non-hydrogen) atoms. The van der Waals surface area contributed by atoms with Gasteiger partial charge in [0.2, 0.25) is 0 Å². The third-order valence-corrected chi connectivity index (χ3v) is 5.87.